The summed E-state index contributed by atoms with van der Waals surface area (Å²) in [4.78, 5) is 15.1. The minimum atomic E-state index is -0.533. The quantitative estimate of drug-likeness (QED) is 0.596. The SMILES string of the molecule is O=C(C[SH]1C=CC=C1)c1c(O)[nH]c2ccc(Cl)cc12. The van der Waals surface area contributed by atoms with Gasteiger partial charge in [-0.2, -0.15) is 0 Å². The van der Waals surface area contributed by atoms with Crippen molar-refractivity contribution in [1.29, 1.82) is 0 Å². The molecule has 1 aliphatic heterocycles. The summed E-state index contributed by atoms with van der Waals surface area (Å²) in [5, 5.41) is 15.2. The highest BCUT2D eigenvalue weighted by atomic mass is 35.5. The molecule has 1 aromatic heterocycles. The Kier molecular flexibility index (Phi) is 3.12. The van der Waals surface area contributed by atoms with Crippen LogP contribution in [-0.2, 0) is 0 Å². The van der Waals surface area contributed by atoms with Crippen LogP contribution in [0.25, 0.3) is 10.9 Å². The Morgan fingerprint density at radius 1 is 1.32 bits per heavy atom. The summed E-state index contributed by atoms with van der Waals surface area (Å²) in [6, 6.07) is 5.18. The number of nitrogens with one attached hydrogen (secondary N) is 1. The van der Waals surface area contributed by atoms with E-state index >= 15 is 0 Å². The molecule has 5 heteroatoms. The van der Waals surface area contributed by atoms with E-state index in [9.17, 15) is 9.90 Å². The number of allylic oxidation sites excluding steroid dienone is 2. The first kappa shape index (κ1) is 12.4. The molecule has 0 radical (unpaired) electrons. The van der Waals surface area contributed by atoms with Gasteiger partial charge in [0.2, 0.25) is 5.88 Å². The predicted molar refractivity (Wildman–Crippen MR) is 81.4 cm³/mol. The van der Waals surface area contributed by atoms with Crippen molar-refractivity contribution < 1.29 is 9.90 Å². The van der Waals surface area contributed by atoms with Crippen LogP contribution in [0.15, 0.2) is 41.2 Å². The summed E-state index contributed by atoms with van der Waals surface area (Å²) in [6.45, 7) is 0. The summed E-state index contributed by atoms with van der Waals surface area (Å²) in [5.41, 5.74) is 1.06. The molecule has 2 N–H and O–H groups in total. The average Bonchev–Trinajstić information content (AvgIpc) is 2.95. The molecular formula is C14H12ClNO2S. The number of Topliss-reactive ketones (excluding diaryl/α,β-unsaturated/α-hetero) is 1. The fourth-order valence-electron chi connectivity index (χ4n) is 2.15. The van der Waals surface area contributed by atoms with E-state index in [4.69, 9.17) is 11.6 Å². The van der Waals surface area contributed by atoms with Gasteiger partial charge in [0.1, 0.15) is 0 Å². The molecule has 0 aliphatic carbocycles. The highest BCUT2D eigenvalue weighted by Gasteiger charge is 2.19. The van der Waals surface area contributed by atoms with Gasteiger partial charge in [-0.25, -0.2) is 10.9 Å². The van der Waals surface area contributed by atoms with Crippen LogP contribution >= 0.6 is 22.5 Å². The molecular weight excluding hydrogens is 282 g/mol. The van der Waals surface area contributed by atoms with E-state index in [-0.39, 0.29) is 11.7 Å². The van der Waals surface area contributed by atoms with Gasteiger partial charge in [-0.15, -0.1) is 0 Å². The van der Waals surface area contributed by atoms with Crippen LogP contribution in [0.4, 0.5) is 0 Å². The van der Waals surface area contributed by atoms with Crippen LogP contribution in [0, 0.1) is 0 Å². The molecule has 3 nitrogen and oxygen atoms in total. The van der Waals surface area contributed by atoms with Crippen molar-refractivity contribution in [1.82, 2.24) is 4.98 Å². The summed E-state index contributed by atoms with van der Waals surface area (Å²) in [5.74, 6) is 0.271. The number of aromatic nitrogens is 1. The maximum atomic E-state index is 12.3. The van der Waals surface area contributed by atoms with Gasteiger partial charge in [-0.1, -0.05) is 23.8 Å². The number of thiol groups is 1. The average molecular weight is 294 g/mol. The third-order valence-electron chi connectivity index (χ3n) is 3.01. The number of H-pyrrole nitrogens is 1. The lowest BCUT2D eigenvalue weighted by Gasteiger charge is -2.08. The van der Waals surface area contributed by atoms with E-state index in [1.54, 1.807) is 18.2 Å². The molecule has 0 atom stereocenters. The van der Waals surface area contributed by atoms with E-state index in [2.05, 4.69) is 4.98 Å². The highest BCUT2D eigenvalue weighted by Crippen LogP contribution is 2.36. The zero-order valence-corrected chi connectivity index (χ0v) is 11.6. The van der Waals surface area contributed by atoms with E-state index in [0.29, 0.717) is 21.7 Å². The maximum Gasteiger partial charge on any atom is 0.200 e. The third kappa shape index (κ3) is 2.29. The van der Waals surface area contributed by atoms with E-state index in [0.717, 1.165) is 5.52 Å². The van der Waals surface area contributed by atoms with Crippen molar-refractivity contribution in [3.05, 3.63) is 51.8 Å². The Hall–Kier alpha value is -1.65. The number of carbonyl (C=O) groups excluding carboxylic acids is 1. The van der Waals surface area contributed by atoms with Gasteiger partial charge in [0.25, 0.3) is 0 Å². The molecule has 1 aliphatic rings. The number of fused-ring (bicyclic) bond motifs is 1. The monoisotopic (exact) mass is 293 g/mol. The Balaban J connectivity index is 2.01. The number of benzene rings is 1. The first-order valence-electron chi connectivity index (χ1n) is 5.79. The van der Waals surface area contributed by atoms with Crippen LogP contribution in [0.1, 0.15) is 10.4 Å². The van der Waals surface area contributed by atoms with Gasteiger partial charge >= 0.3 is 0 Å². The normalized spacial score (nSPS) is 15.5. The lowest BCUT2D eigenvalue weighted by Crippen LogP contribution is -2.03. The summed E-state index contributed by atoms with van der Waals surface area (Å²) < 4.78 is 0. The van der Waals surface area contributed by atoms with E-state index in [1.807, 2.05) is 23.0 Å². The second kappa shape index (κ2) is 4.79. The number of aromatic amines is 1. The molecule has 0 unspecified atom stereocenters. The minimum Gasteiger partial charge on any atom is -0.494 e. The van der Waals surface area contributed by atoms with Crippen molar-refractivity contribution >= 4 is 39.2 Å². The summed E-state index contributed by atoms with van der Waals surface area (Å²) in [6.07, 6.45) is 3.90. The van der Waals surface area contributed by atoms with Crippen molar-refractivity contribution in [3.63, 3.8) is 0 Å². The number of halogens is 1. The predicted octanol–water partition coefficient (Wildman–Crippen LogP) is 3.75. The lowest BCUT2D eigenvalue weighted by atomic mass is 10.1. The molecule has 2 aromatic rings. The first-order valence-corrected chi connectivity index (χ1v) is 7.83. The van der Waals surface area contributed by atoms with E-state index < -0.39 is 10.9 Å². The van der Waals surface area contributed by atoms with Crippen molar-refractivity contribution in [2.75, 3.05) is 5.75 Å². The third-order valence-corrected chi connectivity index (χ3v) is 5.01. The minimum absolute atomic E-state index is 0.0617. The second-order valence-corrected chi connectivity index (χ2v) is 6.69. The number of aromatic hydroxyl groups is 1. The molecule has 0 saturated heterocycles. The Labute approximate surface area is 117 Å². The van der Waals surface area contributed by atoms with Crippen molar-refractivity contribution in [3.8, 4) is 5.88 Å². The summed E-state index contributed by atoms with van der Waals surface area (Å²) >= 11 is 5.95. The van der Waals surface area contributed by atoms with Gasteiger partial charge in [0, 0.05) is 21.7 Å². The lowest BCUT2D eigenvalue weighted by molar-refractivity contribution is 0.102. The van der Waals surface area contributed by atoms with Gasteiger partial charge < -0.3 is 10.1 Å². The number of hydrogen-bond donors (Lipinski definition) is 3. The van der Waals surface area contributed by atoms with Crippen LogP contribution in [-0.4, -0.2) is 21.6 Å². The van der Waals surface area contributed by atoms with Gasteiger partial charge in [0.05, 0.1) is 5.56 Å². The molecule has 2 heterocycles. The van der Waals surface area contributed by atoms with Crippen LogP contribution < -0.4 is 0 Å². The topological polar surface area (TPSA) is 53.1 Å². The number of hydrogen-bond acceptors (Lipinski definition) is 2. The van der Waals surface area contributed by atoms with Crippen LogP contribution in [0.2, 0.25) is 5.02 Å². The molecule has 0 spiro atoms. The highest BCUT2D eigenvalue weighted by molar-refractivity contribution is 8.22. The number of ketones is 1. The molecule has 1 aromatic carbocycles. The molecule has 0 saturated carbocycles. The zero-order chi connectivity index (χ0) is 13.4. The van der Waals surface area contributed by atoms with Gasteiger partial charge in [-0.3, -0.25) is 4.79 Å². The smallest absolute Gasteiger partial charge is 0.200 e. The second-order valence-electron chi connectivity index (χ2n) is 4.32. The Morgan fingerprint density at radius 3 is 2.79 bits per heavy atom. The molecule has 0 bridgehead atoms. The van der Waals surface area contributed by atoms with E-state index in [1.165, 1.54) is 0 Å². The van der Waals surface area contributed by atoms with Crippen molar-refractivity contribution in [2.45, 2.75) is 0 Å². The zero-order valence-electron chi connectivity index (χ0n) is 9.93. The number of carbonyl (C=O) groups is 1. The Morgan fingerprint density at radius 2 is 2.05 bits per heavy atom. The maximum absolute atomic E-state index is 12.3. The van der Waals surface area contributed by atoms with Crippen LogP contribution in [0.3, 0.4) is 0 Å². The molecule has 0 amide bonds. The molecule has 19 heavy (non-hydrogen) atoms. The van der Waals surface area contributed by atoms with Gasteiger partial charge in [0.15, 0.2) is 5.78 Å². The molecule has 98 valence electrons. The van der Waals surface area contributed by atoms with Crippen LogP contribution in [0.5, 0.6) is 5.88 Å². The number of rotatable bonds is 3. The standard InChI is InChI=1S/C14H12ClNO2S/c15-9-3-4-11-10(7-9)13(14(18)16-11)12(17)8-19-5-1-2-6-19/h1-7,16,18-19H,8H2. The molecule has 3 rings (SSSR count). The first-order chi connectivity index (χ1) is 9.15. The van der Waals surface area contributed by atoms with Gasteiger partial charge in [-0.05, 0) is 29.0 Å². The largest absolute Gasteiger partial charge is 0.494 e. The summed E-state index contributed by atoms with van der Waals surface area (Å²) in [7, 11) is -0.533. The fraction of sp³-hybridized carbons (Fsp3) is 0.0714. The fourth-order valence-corrected chi connectivity index (χ4v) is 3.77. The van der Waals surface area contributed by atoms with Crippen molar-refractivity contribution in [2.24, 2.45) is 0 Å². The molecule has 0 fully saturated rings. The Bertz CT molecular complexity index is 706.